The summed E-state index contributed by atoms with van der Waals surface area (Å²) in [6.07, 6.45) is 2.48. The van der Waals surface area contributed by atoms with E-state index in [-0.39, 0.29) is 36.8 Å². The Kier molecular flexibility index (Phi) is 11.1. The summed E-state index contributed by atoms with van der Waals surface area (Å²) in [7, 11) is 0. The molecule has 2 fully saturated rings. The molecular weight excluding hydrogens is 547 g/mol. The van der Waals surface area contributed by atoms with E-state index >= 15 is 0 Å². The molecule has 43 heavy (non-hydrogen) atoms. The van der Waals surface area contributed by atoms with E-state index in [9.17, 15) is 14.0 Å². The number of benzene rings is 3. The summed E-state index contributed by atoms with van der Waals surface area (Å²) < 4.78 is 25.5. The van der Waals surface area contributed by atoms with Gasteiger partial charge in [-0.15, -0.1) is 0 Å². The molecule has 2 saturated heterocycles. The Morgan fingerprint density at radius 1 is 0.884 bits per heavy atom. The molecule has 2 amide bonds. The van der Waals surface area contributed by atoms with E-state index in [1.165, 1.54) is 16.5 Å². The van der Waals surface area contributed by atoms with Gasteiger partial charge < -0.3 is 25.4 Å². The standard InChI is InChI=1S/C34H41FN4O4/c35-31-8-2-1-6-27(31)23-36-16-4-19-42-28-11-9-26(10-12-28)30-15-17-37-24-32(30)38-22-25-5-3-7-29(21-25)43-20-18-39-33(40)13-14-34(39)41/h1-3,5-12,21,30,32,36-38H,4,13-20,22-24H2/t30-,32-/m0/s1. The molecule has 0 aliphatic carbocycles. The highest BCUT2D eigenvalue weighted by Crippen LogP contribution is 2.28. The fraction of sp³-hybridized carbons (Fsp3) is 0.412. The van der Waals surface area contributed by atoms with E-state index in [2.05, 4.69) is 34.1 Å². The van der Waals surface area contributed by atoms with Gasteiger partial charge in [-0.25, -0.2) is 4.39 Å². The topological polar surface area (TPSA) is 91.9 Å². The highest BCUT2D eigenvalue weighted by Gasteiger charge is 2.28. The number of hydrogen-bond donors (Lipinski definition) is 3. The molecule has 2 heterocycles. The van der Waals surface area contributed by atoms with Crippen LogP contribution in [0.5, 0.6) is 11.5 Å². The summed E-state index contributed by atoms with van der Waals surface area (Å²) in [5.41, 5.74) is 3.08. The van der Waals surface area contributed by atoms with Crippen LogP contribution < -0.4 is 25.4 Å². The number of amides is 2. The molecule has 0 bridgehead atoms. The first-order valence-electron chi connectivity index (χ1n) is 15.2. The molecule has 2 aliphatic heterocycles. The van der Waals surface area contributed by atoms with Gasteiger partial charge in [0, 0.05) is 50.0 Å². The number of imide groups is 1. The van der Waals surface area contributed by atoms with Gasteiger partial charge in [0.25, 0.3) is 0 Å². The van der Waals surface area contributed by atoms with Gasteiger partial charge in [-0.2, -0.15) is 0 Å². The van der Waals surface area contributed by atoms with E-state index in [0.717, 1.165) is 49.5 Å². The Bertz CT molecular complexity index is 1340. The van der Waals surface area contributed by atoms with Crippen molar-refractivity contribution in [3.63, 3.8) is 0 Å². The Morgan fingerprint density at radius 3 is 2.49 bits per heavy atom. The van der Waals surface area contributed by atoms with Crippen LogP contribution in [-0.2, 0) is 22.7 Å². The average Bonchev–Trinajstić information content (AvgIpc) is 3.35. The summed E-state index contributed by atoms with van der Waals surface area (Å²) in [5, 5.41) is 10.5. The highest BCUT2D eigenvalue weighted by molar-refractivity contribution is 6.01. The van der Waals surface area contributed by atoms with Crippen molar-refractivity contribution in [2.45, 2.75) is 50.7 Å². The molecule has 0 radical (unpaired) electrons. The lowest BCUT2D eigenvalue weighted by molar-refractivity contribution is -0.138. The first-order valence-corrected chi connectivity index (χ1v) is 15.2. The maximum atomic E-state index is 13.7. The predicted molar refractivity (Wildman–Crippen MR) is 163 cm³/mol. The zero-order chi connectivity index (χ0) is 29.9. The summed E-state index contributed by atoms with van der Waals surface area (Å²) in [6, 6.07) is 23.5. The van der Waals surface area contributed by atoms with Crippen molar-refractivity contribution in [1.82, 2.24) is 20.9 Å². The molecule has 3 aromatic carbocycles. The van der Waals surface area contributed by atoms with Crippen LogP contribution in [0.2, 0.25) is 0 Å². The number of piperidine rings is 1. The minimum atomic E-state index is -0.180. The summed E-state index contributed by atoms with van der Waals surface area (Å²) >= 11 is 0. The molecule has 5 rings (SSSR count). The van der Waals surface area contributed by atoms with E-state index in [1.807, 2.05) is 36.4 Å². The number of halogens is 1. The van der Waals surface area contributed by atoms with Crippen molar-refractivity contribution in [3.8, 4) is 11.5 Å². The van der Waals surface area contributed by atoms with Gasteiger partial charge in [0.2, 0.25) is 11.8 Å². The fourth-order valence-corrected chi connectivity index (χ4v) is 5.66. The molecule has 2 atom stereocenters. The summed E-state index contributed by atoms with van der Waals surface area (Å²) in [6.45, 7) is 5.00. The number of likely N-dealkylation sites (tertiary alicyclic amines) is 1. The third-order valence-corrected chi connectivity index (χ3v) is 8.04. The molecule has 0 unspecified atom stereocenters. The number of hydrogen-bond acceptors (Lipinski definition) is 7. The lowest BCUT2D eigenvalue weighted by Crippen LogP contribution is -2.47. The van der Waals surface area contributed by atoms with E-state index < -0.39 is 0 Å². The van der Waals surface area contributed by atoms with E-state index in [0.29, 0.717) is 44.0 Å². The number of rotatable bonds is 15. The van der Waals surface area contributed by atoms with Gasteiger partial charge >= 0.3 is 0 Å². The maximum Gasteiger partial charge on any atom is 0.229 e. The Morgan fingerprint density at radius 2 is 1.67 bits per heavy atom. The number of nitrogens with zero attached hydrogens (tertiary/aromatic N) is 1. The minimum Gasteiger partial charge on any atom is -0.494 e. The normalized spacial score (nSPS) is 18.7. The predicted octanol–water partition coefficient (Wildman–Crippen LogP) is 4.15. The molecule has 9 heteroatoms. The van der Waals surface area contributed by atoms with Crippen molar-refractivity contribution >= 4 is 11.8 Å². The monoisotopic (exact) mass is 588 g/mol. The molecule has 0 saturated carbocycles. The van der Waals surface area contributed by atoms with Gasteiger partial charge in [-0.1, -0.05) is 42.5 Å². The zero-order valence-corrected chi connectivity index (χ0v) is 24.5. The molecule has 8 nitrogen and oxygen atoms in total. The van der Waals surface area contributed by atoms with Crippen molar-refractivity contribution in [3.05, 3.63) is 95.3 Å². The Hall–Kier alpha value is -3.79. The first-order chi connectivity index (χ1) is 21.1. The SMILES string of the molecule is O=C1CCC(=O)N1CCOc1cccc(CN[C@H]2CNCC[C@H]2c2ccc(OCCCNCc3ccccc3F)cc2)c1. The second-order valence-electron chi connectivity index (χ2n) is 11.1. The van der Waals surface area contributed by atoms with Crippen molar-refractivity contribution in [1.29, 1.82) is 0 Å². The van der Waals surface area contributed by atoms with Gasteiger partial charge in [-0.3, -0.25) is 14.5 Å². The first kappa shape index (κ1) is 30.7. The highest BCUT2D eigenvalue weighted by atomic mass is 19.1. The minimum absolute atomic E-state index is 0.119. The zero-order valence-electron chi connectivity index (χ0n) is 24.5. The summed E-state index contributed by atoms with van der Waals surface area (Å²) in [5.74, 6) is 1.55. The number of nitrogens with one attached hydrogen (secondary N) is 3. The number of ether oxygens (including phenoxy) is 2. The van der Waals surface area contributed by atoms with E-state index in [1.54, 1.807) is 12.1 Å². The van der Waals surface area contributed by atoms with Gasteiger partial charge in [0.05, 0.1) is 13.2 Å². The summed E-state index contributed by atoms with van der Waals surface area (Å²) in [4.78, 5) is 24.9. The third-order valence-electron chi connectivity index (χ3n) is 8.04. The molecule has 0 aromatic heterocycles. The second-order valence-corrected chi connectivity index (χ2v) is 11.1. The smallest absolute Gasteiger partial charge is 0.229 e. The van der Waals surface area contributed by atoms with Gasteiger partial charge in [0.15, 0.2) is 0 Å². The Balaban J connectivity index is 1.04. The van der Waals surface area contributed by atoms with Crippen LogP contribution >= 0.6 is 0 Å². The van der Waals surface area contributed by atoms with Crippen molar-refractivity contribution in [2.75, 3.05) is 39.4 Å². The van der Waals surface area contributed by atoms with Crippen LogP contribution in [0.4, 0.5) is 4.39 Å². The molecule has 3 N–H and O–H groups in total. The van der Waals surface area contributed by atoms with Crippen LogP contribution in [0, 0.1) is 5.82 Å². The number of carbonyl (C=O) groups excluding carboxylic acids is 2. The molecule has 3 aromatic rings. The van der Waals surface area contributed by atoms with Crippen LogP contribution in [0.25, 0.3) is 0 Å². The quantitative estimate of drug-likeness (QED) is 0.182. The lowest BCUT2D eigenvalue weighted by Gasteiger charge is -2.33. The maximum absolute atomic E-state index is 13.7. The molecular formula is C34H41FN4O4. The largest absolute Gasteiger partial charge is 0.494 e. The van der Waals surface area contributed by atoms with E-state index in [4.69, 9.17) is 9.47 Å². The Labute approximate surface area is 252 Å². The fourth-order valence-electron chi connectivity index (χ4n) is 5.66. The average molecular weight is 589 g/mol. The molecule has 0 spiro atoms. The molecule has 228 valence electrons. The molecule has 2 aliphatic rings. The van der Waals surface area contributed by atoms with Crippen LogP contribution in [-0.4, -0.2) is 62.1 Å². The third kappa shape index (κ3) is 8.86. The lowest BCUT2D eigenvalue weighted by atomic mass is 9.86. The van der Waals surface area contributed by atoms with Crippen LogP contribution in [0.3, 0.4) is 0 Å². The van der Waals surface area contributed by atoms with Crippen LogP contribution in [0.15, 0.2) is 72.8 Å². The second kappa shape index (κ2) is 15.6. The van der Waals surface area contributed by atoms with Crippen LogP contribution in [0.1, 0.15) is 48.3 Å². The number of carbonyl (C=O) groups is 2. The van der Waals surface area contributed by atoms with Gasteiger partial charge in [-0.05, 0) is 67.4 Å². The van der Waals surface area contributed by atoms with Crippen molar-refractivity contribution < 1.29 is 23.5 Å². The van der Waals surface area contributed by atoms with Gasteiger partial charge in [0.1, 0.15) is 23.9 Å². The van der Waals surface area contributed by atoms with Crippen molar-refractivity contribution in [2.24, 2.45) is 0 Å².